The van der Waals surface area contributed by atoms with Gasteiger partial charge in [0.05, 0.1) is 0 Å². The second-order valence-electron chi connectivity index (χ2n) is 4.52. The first-order chi connectivity index (χ1) is 7.11. The summed E-state index contributed by atoms with van der Waals surface area (Å²) in [7, 11) is 0. The molecule has 0 aromatic rings. The minimum absolute atomic E-state index is 0. The van der Waals surface area contributed by atoms with Gasteiger partial charge in [0.2, 0.25) is 0 Å². The summed E-state index contributed by atoms with van der Waals surface area (Å²) in [5, 5.41) is 0. The van der Waals surface area contributed by atoms with Gasteiger partial charge in [0.1, 0.15) is 0 Å². The summed E-state index contributed by atoms with van der Waals surface area (Å²) >= 11 is -0.456. The van der Waals surface area contributed by atoms with E-state index in [2.05, 4.69) is 45.9 Å². The molecule has 0 nitrogen and oxygen atoms in total. The van der Waals surface area contributed by atoms with Gasteiger partial charge in [-0.3, -0.25) is 0 Å². The maximum atomic E-state index is 2.38. The van der Waals surface area contributed by atoms with Gasteiger partial charge in [0, 0.05) is 0 Å². The number of allylic oxidation sites excluding steroid dienone is 8. The van der Waals surface area contributed by atoms with Crippen LogP contribution >= 0.6 is 0 Å². The van der Waals surface area contributed by atoms with Gasteiger partial charge in [-0.05, 0) is 0 Å². The summed E-state index contributed by atoms with van der Waals surface area (Å²) in [5.41, 5.74) is 4.78. The van der Waals surface area contributed by atoms with Gasteiger partial charge in [-0.25, -0.2) is 0 Å². The predicted octanol–water partition coefficient (Wildman–Crippen LogP) is 4.40. The molecule has 0 spiro atoms. The van der Waals surface area contributed by atoms with Crippen molar-refractivity contribution >= 4 is 0 Å². The summed E-state index contributed by atoms with van der Waals surface area (Å²) in [5.74, 6) is 0.734. The Morgan fingerprint density at radius 3 is 2.47 bits per heavy atom. The Morgan fingerprint density at radius 1 is 1.27 bits per heavy atom. The third-order valence-electron chi connectivity index (χ3n) is 3.71. The Bertz CT molecular complexity index is 414. The average Bonchev–Trinajstić information content (AvgIpc) is 2.79. The Morgan fingerprint density at radius 2 is 2.00 bits per heavy atom. The molecule has 0 aliphatic heterocycles. The van der Waals surface area contributed by atoms with Crippen LogP contribution in [-0.2, 0) is 23.2 Å². The van der Waals surface area contributed by atoms with E-state index in [4.69, 9.17) is 0 Å². The molecule has 0 saturated carbocycles. The van der Waals surface area contributed by atoms with Crippen molar-refractivity contribution in [3.05, 3.63) is 41.5 Å². The molecule has 0 bridgehead atoms. The quantitative estimate of drug-likeness (QED) is 0.703. The summed E-state index contributed by atoms with van der Waals surface area (Å²) in [6.07, 6.45) is 8.09. The minimum Gasteiger partial charge on any atom is -1.00 e. The molecule has 0 fully saturated rings. The van der Waals surface area contributed by atoms with Crippen LogP contribution in [0.25, 0.3) is 0 Å². The smallest absolute Gasteiger partial charge is 1.00 e. The SMILES string of the molecule is CC1=C(C)C(C)[C]([Zr][C]2=CC=CC2)=C1C.[H-].[H-]. The molecular formula is C14H20Zr-2. The standard InChI is InChI=1S/C9H13.C5H5.Zr.2H/c1-6-5-7(2)9(4)8(6)3;1-2-4-5-3-1;;;/h6H,1-4H3;1-3H,4H2;;;/q;;;2*-1. The molecule has 0 heterocycles. The topological polar surface area (TPSA) is 0 Å². The van der Waals surface area contributed by atoms with Gasteiger partial charge >= 0.3 is 105 Å². The van der Waals surface area contributed by atoms with Crippen molar-refractivity contribution in [2.24, 2.45) is 5.92 Å². The normalized spacial score (nSPS) is 25.3. The van der Waals surface area contributed by atoms with Crippen molar-refractivity contribution in [2.75, 3.05) is 0 Å². The van der Waals surface area contributed by atoms with Crippen molar-refractivity contribution in [1.29, 1.82) is 0 Å². The van der Waals surface area contributed by atoms with Crippen molar-refractivity contribution in [1.82, 2.24) is 0 Å². The van der Waals surface area contributed by atoms with E-state index in [1.807, 2.05) is 3.28 Å². The Hall–Kier alpha value is -0.157. The zero-order chi connectivity index (χ0) is 11.0. The van der Waals surface area contributed by atoms with Crippen molar-refractivity contribution in [3.63, 3.8) is 0 Å². The van der Waals surface area contributed by atoms with Gasteiger partial charge in [-0.2, -0.15) is 0 Å². The second kappa shape index (κ2) is 4.38. The van der Waals surface area contributed by atoms with Gasteiger partial charge in [-0.1, -0.05) is 0 Å². The first-order valence-electron chi connectivity index (χ1n) is 5.62. The molecule has 82 valence electrons. The van der Waals surface area contributed by atoms with Crippen LogP contribution in [0.1, 0.15) is 37.0 Å². The largest absolute Gasteiger partial charge is 1.00 e. The fourth-order valence-corrected chi connectivity index (χ4v) is 6.10. The van der Waals surface area contributed by atoms with Crippen molar-refractivity contribution in [2.45, 2.75) is 34.1 Å². The third-order valence-corrected chi connectivity index (χ3v) is 8.06. The van der Waals surface area contributed by atoms with E-state index in [0.29, 0.717) is 0 Å². The fraction of sp³-hybridized carbons (Fsp3) is 0.429. The van der Waals surface area contributed by atoms with Crippen LogP contribution in [0.5, 0.6) is 0 Å². The molecule has 0 amide bonds. The molecule has 2 aliphatic carbocycles. The van der Waals surface area contributed by atoms with Gasteiger partial charge < -0.3 is 2.85 Å². The predicted molar refractivity (Wildman–Crippen MR) is 64.3 cm³/mol. The monoisotopic (exact) mass is 278 g/mol. The van der Waals surface area contributed by atoms with E-state index in [1.165, 1.54) is 6.42 Å². The number of hydrogen-bond acceptors (Lipinski definition) is 0. The summed E-state index contributed by atoms with van der Waals surface area (Å²) in [4.78, 5) is 0. The van der Waals surface area contributed by atoms with E-state index in [9.17, 15) is 0 Å². The van der Waals surface area contributed by atoms with E-state index in [1.54, 1.807) is 20.0 Å². The van der Waals surface area contributed by atoms with Crippen LogP contribution in [0.2, 0.25) is 0 Å². The van der Waals surface area contributed by atoms with E-state index < -0.39 is 23.2 Å². The Balaban J connectivity index is 0.00000128. The molecule has 2 aliphatic rings. The van der Waals surface area contributed by atoms with Crippen LogP contribution in [0.3, 0.4) is 0 Å². The van der Waals surface area contributed by atoms with Gasteiger partial charge in [0.15, 0.2) is 0 Å². The van der Waals surface area contributed by atoms with Crippen LogP contribution in [0, 0.1) is 5.92 Å². The first-order valence-corrected chi connectivity index (χ1v) is 8.08. The van der Waals surface area contributed by atoms with E-state index >= 15 is 0 Å². The van der Waals surface area contributed by atoms with Gasteiger partial charge in [-0.15, -0.1) is 0 Å². The summed E-state index contributed by atoms with van der Waals surface area (Å²) in [6, 6.07) is 0. The maximum Gasteiger partial charge on any atom is -1.00 e. The molecule has 1 heteroatoms. The van der Waals surface area contributed by atoms with Crippen LogP contribution in [0.4, 0.5) is 0 Å². The van der Waals surface area contributed by atoms with E-state index in [-0.39, 0.29) is 2.85 Å². The van der Waals surface area contributed by atoms with Crippen LogP contribution in [0.15, 0.2) is 41.5 Å². The fourth-order valence-electron chi connectivity index (χ4n) is 2.28. The zero-order valence-corrected chi connectivity index (χ0v) is 12.5. The Kier molecular flexibility index (Phi) is 3.31. The molecule has 2 rings (SSSR count). The minimum atomic E-state index is -0.456. The molecule has 0 radical (unpaired) electrons. The Labute approximate surface area is 107 Å². The number of hydrogen-bond donors (Lipinski definition) is 0. The van der Waals surface area contributed by atoms with E-state index in [0.717, 1.165) is 5.92 Å². The van der Waals surface area contributed by atoms with Crippen molar-refractivity contribution in [3.8, 4) is 0 Å². The van der Waals surface area contributed by atoms with Crippen LogP contribution < -0.4 is 0 Å². The molecule has 15 heavy (non-hydrogen) atoms. The average molecular weight is 280 g/mol. The summed E-state index contributed by atoms with van der Waals surface area (Å²) < 4.78 is 3.55. The molecule has 1 unspecified atom stereocenters. The zero-order valence-electron chi connectivity index (χ0n) is 12.0. The molecule has 1 atom stereocenters. The maximum absolute atomic E-state index is 2.38. The first kappa shape index (κ1) is 11.3. The second-order valence-corrected chi connectivity index (χ2v) is 8.03. The number of rotatable bonds is 2. The van der Waals surface area contributed by atoms with Gasteiger partial charge in [0.25, 0.3) is 0 Å². The van der Waals surface area contributed by atoms with Crippen molar-refractivity contribution < 1.29 is 26.1 Å². The molecule has 0 N–H and O–H groups in total. The summed E-state index contributed by atoms with van der Waals surface area (Å²) in [6.45, 7) is 9.29. The molecule has 0 saturated heterocycles. The molecular weight excluding hydrogens is 259 g/mol. The molecule has 0 aromatic carbocycles. The molecule has 0 aromatic heterocycles. The van der Waals surface area contributed by atoms with Crippen LogP contribution in [-0.4, -0.2) is 0 Å². The third kappa shape index (κ3) is 2.04.